The molecular weight excluding hydrogens is 491 g/mol. The minimum absolute atomic E-state index is 0.0419. The zero-order valence-corrected chi connectivity index (χ0v) is 21.5. The van der Waals surface area contributed by atoms with Crippen molar-refractivity contribution in [2.75, 3.05) is 25.7 Å². The van der Waals surface area contributed by atoms with Crippen LogP contribution in [0.2, 0.25) is 0 Å². The second-order valence-corrected chi connectivity index (χ2v) is 8.39. The largest absolute Gasteiger partial charge is 0.497 e. The lowest BCUT2D eigenvalue weighted by atomic mass is 10.2. The number of hydrogen-bond acceptors (Lipinski definition) is 9. The van der Waals surface area contributed by atoms with Gasteiger partial charge in [-0.1, -0.05) is 0 Å². The Morgan fingerprint density at radius 1 is 1.08 bits per heavy atom. The number of aromatic nitrogens is 7. The number of rotatable bonds is 10. The molecule has 5 aromatic rings. The minimum Gasteiger partial charge on any atom is -0.497 e. The van der Waals surface area contributed by atoms with Crippen LogP contribution in [-0.4, -0.2) is 55.5 Å². The van der Waals surface area contributed by atoms with Crippen molar-refractivity contribution in [2.45, 2.75) is 20.1 Å². The molecule has 1 N–H and O–H groups in total. The lowest BCUT2D eigenvalue weighted by molar-refractivity contribution is 0.131. The molecule has 0 spiro atoms. The predicted octanol–water partition coefficient (Wildman–Crippen LogP) is 4.18. The number of hydrogen-bond donors (Lipinski definition) is 1. The van der Waals surface area contributed by atoms with Crippen LogP contribution in [0.15, 0.2) is 49.1 Å². The van der Waals surface area contributed by atoms with E-state index in [1.54, 1.807) is 46.4 Å². The first-order valence-corrected chi connectivity index (χ1v) is 11.9. The summed E-state index contributed by atoms with van der Waals surface area (Å²) < 4.78 is 33.5. The zero-order chi connectivity index (χ0) is 26.6. The monoisotopic (exact) mass is 518 g/mol. The number of methoxy groups -OCH3 is 2. The van der Waals surface area contributed by atoms with E-state index < -0.39 is 5.82 Å². The van der Waals surface area contributed by atoms with Crippen molar-refractivity contribution in [3.8, 4) is 22.8 Å². The molecule has 0 bridgehead atoms. The molecule has 5 rings (SSSR count). The van der Waals surface area contributed by atoms with Crippen LogP contribution in [0.25, 0.3) is 22.4 Å². The third kappa shape index (κ3) is 5.11. The summed E-state index contributed by atoms with van der Waals surface area (Å²) in [5, 5.41) is 4.20. The van der Waals surface area contributed by atoms with E-state index in [1.165, 1.54) is 20.3 Å². The lowest BCUT2D eigenvalue weighted by Crippen LogP contribution is -2.20. The fraction of sp³-hybridized carbons (Fsp3) is 0.269. The smallest absolute Gasteiger partial charge is 0.188 e. The first-order valence-electron chi connectivity index (χ1n) is 11.9. The Balaban J connectivity index is 1.60. The van der Waals surface area contributed by atoms with Crippen molar-refractivity contribution >= 4 is 22.7 Å². The maximum atomic E-state index is 15.7. The van der Waals surface area contributed by atoms with Crippen molar-refractivity contribution < 1.29 is 18.6 Å². The summed E-state index contributed by atoms with van der Waals surface area (Å²) in [7, 11) is 4.75. The van der Waals surface area contributed by atoms with Gasteiger partial charge in [0.15, 0.2) is 17.2 Å². The lowest BCUT2D eigenvalue weighted by Gasteiger charge is -2.25. The van der Waals surface area contributed by atoms with Gasteiger partial charge in [0.1, 0.15) is 22.9 Å². The van der Waals surface area contributed by atoms with E-state index in [-0.39, 0.29) is 18.0 Å². The summed E-state index contributed by atoms with van der Waals surface area (Å²) >= 11 is 0. The van der Waals surface area contributed by atoms with Gasteiger partial charge in [-0.15, -0.1) is 0 Å². The number of benzene rings is 1. The molecule has 11 nitrogen and oxygen atoms in total. The molecular formula is C26H27FN8O3. The number of pyridine rings is 1. The summed E-state index contributed by atoms with van der Waals surface area (Å²) in [5.41, 5.74) is 3.38. The number of imidazole rings is 1. The Morgan fingerprint density at radius 3 is 2.68 bits per heavy atom. The Kier molecular flexibility index (Phi) is 7.13. The number of halogens is 1. The van der Waals surface area contributed by atoms with Crippen LogP contribution in [0, 0.1) is 5.82 Å². The zero-order valence-electron chi connectivity index (χ0n) is 21.5. The van der Waals surface area contributed by atoms with E-state index in [4.69, 9.17) is 24.2 Å². The molecule has 0 radical (unpaired) electrons. The van der Waals surface area contributed by atoms with Crippen molar-refractivity contribution in [3.63, 3.8) is 0 Å². The Hall–Kier alpha value is -4.58. The Bertz CT molecular complexity index is 1570. The number of nitrogens with one attached hydrogen (secondary N) is 1. The van der Waals surface area contributed by atoms with Crippen LogP contribution < -0.4 is 14.4 Å². The third-order valence-electron chi connectivity index (χ3n) is 5.86. The van der Waals surface area contributed by atoms with Crippen LogP contribution in [-0.2, 0) is 24.9 Å². The van der Waals surface area contributed by atoms with E-state index in [1.807, 2.05) is 20.2 Å². The Morgan fingerprint density at radius 2 is 1.95 bits per heavy atom. The molecule has 0 atom stereocenters. The highest BCUT2D eigenvalue weighted by atomic mass is 19.1. The summed E-state index contributed by atoms with van der Waals surface area (Å²) in [4.78, 5) is 23.4. The average Bonchev–Trinajstić information content (AvgIpc) is 3.59. The van der Waals surface area contributed by atoms with Gasteiger partial charge >= 0.3 is 0 Å². The molecule has 196 valence electrons. The highest BCUT2D eigenvalue weighted by Gasteiger charge is 2.22. The first kappa shape index (κ1) is 25.1. The van der Waals surface area contributed by atoms with E-state index in [2.05, 4.69) is 20.1 Å². The van der Waals surface area contributed by atoms with Gasteiger partial charge in [-0.2, -0.15) is 5.10 Å². The van der Waals surface area contributed by atoms with Gasteiger partial charge in [-0.05, 0) is 19.1 Å². The maximum Gasteiger partial charge on any atom is 0.188 e. The fourth-order valence-electron chi connectivity index (χ4n) is 3.96. The molecule has 38 heavy (non-hydrogen) atoms. The molecule has 0 fully saturated rings. The van der Waals surface area contributed by atoms with E-state index in [0.717, 1.165) is 11.3 Å². The molecule has 12 heteroatoms. The van der Waals surface area contributed by atoms with Crippen LogP contribution >= 0.6 is 0 Å². The summed E-state index contributed by atoms with van der Waals surface area (Å²) in [6.45, 7) is 3.04. The second kappa shape index (κ2) is 10.8. The molecule has 0 unspecified atom stereocenters. The first-order chi connectivity index (χ1) is 18.5. The van der Waals surface area contributed by atoms with Gasteiger partial charge in [0.05, 0.1) is 56.8 Å². The standard InChI is InChI=1S/C26H27FN8O3/c1-5-38-15-17-11-29-23(31-17)14-35(21-8-18(36-3)9-22(37-4)25(21)27)24-7-6-19-26(33-24)32-20(12-28-19)16-10-30-34(2)13-16/h6-13H,5,14-15H2,1-4H3,(H,29,31). The van der Waals surface area contributed by atoms with E-state index in [0.29, 0.717) is 47.5 Å². The van der Waals surface area contributed by atoms with Crippen molar-refractivity contribution in [1.29, 1.82) is 0 Å². The Labute approximate surface area is 218 Å². The van der Waals surface area contributed by atoms with E-state index >= 15 is 4.39 Å². The molecule has 0 amide bonds. The molecule has 4 aromatic heterocycles. The normalized spacial score (nSPS) is 11.2. The topological polar surface area (TPSA) is 116 Å². The summed E-state index contributed by atoms with van der Waals surface area (Å²) in [5.74, 6) is 0.941. The average molecular weight is 519 g/mol. The van der Waals surface area contributed by atoms with Crippen LogP contribution in [0.3, 0.4) is 0 Å². The molecule has 0 aliphatic rings. The van der Waals surface area contributed by atoms with Gasteiger partial charge < -0.3 is 24.1 Å². The number of ether oxygens (including phenoxy) is 3. The fourth-order valence-corrected chi connectivity index (χ4v) is 3.96. The van der Waals surface area contributed by atoms with Gasteiger partial charge in [0.25, 0.3) is 0 Å². The molecule has 0 saturated carbocycles. The van der Waals surface area contributed by atoms with Gasteiger partial charge in [0, 0.05) is 43.7 Å². The van der Waals surface area contributed by atoms with Crippen LogP contribution in [0.1, 0.15) is 18.4 Å². The van der Waals surface area contributed by atoms with Crippen LogP contribution in [0.4, 0.5) is 15.9 Å². The number of aromatic amines is 1. The molecule has 0 saturated heterocycles. The summed E-state index contributed by atoms with van der Waals surface area (Å²) in [6, 6.07) is 6.63. The number of fused-ring (bicyclic) bond motifs is 1. The minimum atomic E-state index is -0.563. The quantitative estimate of drug-likeness (QED) is 0.291. The number of anilines is 2. The van der Waals surface area contributed by atoms with E-state index in [9.17, 15) is 0 Å². The maximum absolute atomic E-state index is 15.7. The number of nitrogens with zero attached hydrogens (tertiary/aromatic N) is 7. The van der Waals surface area contributed by atoms with Crippen molar-refractivity contribution in [2.24, 2.45) is 7.05 Å². The highest BCUT2D eigenvalue weighted by Crippen LogP contribution is 2.37. The SMILES string of the molecule is CCOCc1c[nH]c(CN(c2ccc3ncc(-c4cnn(C)c4)nc3n2)c2cc(OC)cc(OC)c2F)n1. The summed E-state index contributed by atoms with van der Waals surface area (Å²) in [6.07, 6.45) is 7.00. The molecule has 0 aliphatic carbocycles. The van der Waals surface area contributed by atoms with Crippen molar-refractivity contribution in [3.05, 3.63) is 66.4 Å². The van der Waals surface area contributed by atoms with Crippen molar-refractivity contribution in [1.82, 2.24) is 34.7 Å². The number of H-pyrrole nitrogens is 1. The third-order valence-corrected chi connectivity index (χ3v) is 5.86. The molecule has 0 aliphatic heterocycles. The molecule has 4 heterocycles. The van der Waals surface area contributed by atoms with Gasteiger partial charge in [-0.3, -0.25) is 9.67 Å². The predicted molar refractivity (Wildman–Crippen MR) is 139 cm³/mol. The van der Waals surface area contributed by atoms with Crippen LogP contribution in [0.5, 0.6) is 11.5 Å². The highest BCUT2D eigenvalue weighted by molar-refractivity contribution is 5.77. The second-order valence-electron chi connectivity index (χ2n) is 8.39. The van der Waals surface area contributed by atoms with Gasteiger partial charge in [-0.25, -0.2) is 19.3 Å². The number of aryl methyl sites for hydroxylation is 1. The van der Waals surface area contributed by atoms with Gasteiger partial charge in [0.2, 0.25) is 0 Å². The molecule has 1 aromatic carbocycles.